The maximum Gasteiger partial charge on any atom is 0.328 e. The Hall–Kier alpha value is -1.26. The average Bonchev–Trinajstić information content (AvgIpc) is 2.32. The summed E-state index contributed by atoms with van der Waals surface area (Å²) in [6.07, 6.45) is 0.234. The summed E-state index contributed by atoms with van der Waals surface area (Å²) in [5.74, 6) is -0.801. The highest BCUT2D eigenvalue weighted by Gasteiger charge is 2.22. The third kappa shape index (κ3) is 5.09. The molecule has 0 heterocycles. The molecular weight excluding hydrogens is 289 g/mol. The van der Waals surface area contributed by atoms with E-state index >= 15 is 0 Å². The molecule has 0 saturated carbocycles. The lowest BCUT2D eigenvalue weighted by molar-refractivity contribution is -0.147. The predicted octanol–water partition coefficient (Wildman–Crippen LogP) is 2.60. The van der Waals surface area contributed by atoms with Crippen LogP contribution in [0.1, 0.15) is 19.4 Å². The summed E-state index contributed by atoms with van der Waals surface area (Å²) in [4.78, 5) is 22.9. The molecule has 1 aromatic rings. The smallest absolute Gasteiger partial charge is 0.328 e. The van der Waals surface area contributed by atoms with Crippen molar-refractivity contribution in [2.75, 3.05) is 6.61 Å². The van der Waals surface area contributed by atoms with Gasteiger partial charge in [-0.3, -0.25) is 4.79 Å². The van der Waals surface area contributed by atoms with Crippen LogP contribution in [0.3, 0.4) is 0 Å². The third-order valence-electron chi connectivity index (χ3n) is 2.38. The van der Waals surface area contributed by atoms with Crippen LogP contribution in [-0.4, -0.2) is 24.5 Å². The van der Waals surface area contributed by atoms with Crippen LogP contribution in [0.2, 0.25) is 10.0 Å². The van der Waals surface area contributed by atoms with E-state index in [1.165, 1.54) is 6.92 Å². The van der Waals surface area contributed by atoms with Crippen LogP contribution in [0.5, 0.6) is 0 Å². The minimum absolute atomic E-state index is 0.234. The molecule has 0 aliphatic rings. The Balaban J connectivity index is 2.89. The lowest BCUT2D eigenvalue weighted by Gasteiger charge is -2.17. The molecule has 1 amide bonds. The van der Waals surface area contributed by atoms with Crippen molar-refractivity contribution < 1.29 is 14.3 Å². The zero-order valence-electron chi connectivity index (χ0n) is 10.7. The van der Waals surface area contributed by atoms with E-state index < -0.39 is 12.0 Å². The summed E-state index contributed by atoms with van der Waals surface area (Å²) in [6, 6.07) is 4.20. The molecule has 0 aromatic heterocycles. The lowest BCUT2D eigenvalue weighted by atomic mass is 10.1. The summed E-state index contributed by atoms with van der Waals surface area (Å²) in [7, 11) is 0. The first-order chi connectivity index (χ1) is 8.93. The number of carbonyl (C=O) groups excluding carboxylic acids is 2. The second-order valence-corrected chi connectivity index (χ2v) is 4.79. The average molecular weight is 304 g/mol. The third-order valence-corrected chi connectivity index (χ3v) is 2.98. The second-order valence-electron chi connectivity index (χ2n) is 3.95. The molecular formula is C13H15Cl2NO3. The van der Waals surface area contributed by atoms with E-state index in [9.17, 15) is 9.59 Å². The number of hydrogen-bond acceptors (Lipinski definition) is 3. The van der Waals surface area contributed by atoms with Crippen molar-refractivity contribution >= 4 is 35.1 Å². The molecule has 0 saturated heterocycles. The van der Waals surface area contributed by atoms with E-state index in [0.29, 0.717) is 15.6 Å². The fourth-order valence-corrected chi connectivity index (χ4v) is 1.99. The topological polar surface area (TPSA) is 55.4 Å². The molecule has 0 spiro atoms. The monoisotopic (exact) mass is 303 g/mol. The lowest BCUT2D eigenvalue weighted by Crippen LogP contribution is -2.42. The molecule has 6 heteroatoms. The first-order valence-corrected chi connectivity index (χ1v) is 6.57. The van der Waals surface area contributed by atoms with Crippen LogP contribution in [-0.2, 0) is 20.7 Å². The standard InChI is InChI=1S/C13H15Cl2NO3/c1-3-19-13(18)12(16-8(2)17)7-9-6-10(14)4-5-11(9)15/h4-6,12H,3,7H2,1-2H3,(H,16,17). The first-order valence-electron chi connectivity index (χ1n) is 5.81. The molecule has 4 nitrogen and oxygen atoms in total. The van der Waals surface area contributed by atoms with Gasteiger partial charge < -0.3 is 10.1 Å². The number of carbonyl (C=O) groups is 2. The van der Waals surface area contributed by atoms with Crippen molar-refractivity contribution in [1.29, 1.82) is 0 Å². The maximum absolute atomic E-state index is 11.8. The highest BCUT2D eigenvalue weighted by atomic mass is 35.5. The summed E-state index contributed by atoms with van der Waals surface area (Å²) in [5, 5.41) is 3.55. The van der Waals surface area contributed by atoms with Crippen molar-refractivity contribution in [3.63, 3.8) is 0 Å². The van der Waals surface area contributed by atoms with Crippen molar-refractivity contribution in [3.8, 4) is 0 Å². The minimum atomic E-state index is -0.770. The largest absolute Gasteiger partial charge is 0.464 e. The van der Waals surface area contributed by atoms with Gasteiger partial charge >= 0.3 is 5.97 Å². The Morgan fingerprint density at radius 1 is 1.37 bits per heavy atom. The zero-order valence-corrected chi connectivity index (χ0v) is 12.2. The van der Waals surface area contributed by atoms with Crippen molar-refractivity contribution in [2.45, 2.75) is 26.3 Å². The molecule has 0 aliphatic heterocycles. The number of esters is 1. The van der Waals surface area contributed by atoms with Gasteiger partial charge in [0.2, 0.25) is 5.91 Å². The SMILES string of the molecule is CCOC(=O)C(Cc1cc(Cl)ccc1Cl)NC(C)=O. The van der Waals surface area contributed by atoms with Crippen LogP contribution >= 0.6 is 23.2 Å². The second kappa shape index (κ2) is 7.36. The molecule has 0 bridgehead atoms. The number of rotatable bonds is 5. The Morgan fingerprint density at radius 3 is 2.63 bits per heavy atom. The molecule has 104 valence electrons. The molecule has 1 aromatic carbocycles. The summed E-state index contributed by atoms with van der Waals surface area (Å²) in [6.45, 7) is 3.29. The van der Waals surface area contributed by atoms with Gasteiger partial charge in [-0.05, 0) is 30.7 Å². The number of amides is 1. The zero-order chi connectivity index (χ0) is 14.4. The Kier molecular flexibility index (Phi) is 6.12. The molecule has 19 heavy (non-hydrogen) atoms. The number of nitrogens with one attached hydrogen (secondary N) is 1. The number of ether oxygens (including phenoxy) is 1. The van der Waals surface area contributed by atoms with Gasteiger partial charge in [0, 0.05) is 23.4 Å². The van der Waals surface area contributed by atoms with Gasteiger partial charge in [-0.25, -0.2) is 4.79 Å². The predicted molar refractivity (Wildman–Crippen MR) is 74.4 cm³/mol. The van der Waals surface area contributed by atoms with Crippen molar-refractivity contribution in [2.24, 2.45) is 0 Å². The van der Waals surface area contributed by atoms with Crippen LogP contribution in [0.4, 0.5) is 0 Å². The first kappa shape index (κ1) is 15.8. The molecule has 1 unspecified atom stereocenters. The Morgan fingerprint density at radius 2 is 2.05 bits per heavy atom. The molecule has 1 atom stereocenters. The number of halogens is 2. The quantitative estimate of drug-likeness (QED) is 0.851. The van der Waals surface area contributed by atoms with E-state index in [0.717, 1.165) is 0 Å². The van der Waals surface area contributed by atoms with Gasteiger partial charge in [-0.2, -0.15) is 0 Å². The highest BCUT2D eigenvalue weighted by Crippen LogP contribution is 2.22. The molecule has 1 N–H and O–H groups in total. The number of benzene rings is 1. The van der Waals surface area contributed by atoms with E-state index in [-0.39, 0.29) is 18.9 Å². The minimum Gasteiger partial charge on any atom is -0.464 e. The molecule has 1 rings (SSSR count). The molecule has 0 radical (unpaired) electrons. The highest BCUT2D eigenvalue weighted by molar-refractivity contribution is 6.33. The van der Waals surface area contributed by atoms with E-state index in [1.54, 1.807) is 25.1 Å². The van der Waals surface area contributed by atoms with Crippen molar-refractivity contribution in [1.82, 2.24) is 5.32 Å². The van der Waals surface area contributed by atoms with Crippen LogP contribution < -0.4 is 5.32 Å². The van der Waals surface area contributed by atoms with E-state index in [4.69, 9.17) is 27.9 Å². The van der Waals surface area contributed by atoms with Gasteiger partial charge in [0.25, 0.3) is 0 Å². The summed E-state index contributed by atoms with van der Waals surface area (Å²) < 4.78 is 4.92. The maximum atomic E-state index is 11.8. The van der Waals surface area contributed by atoms with Gasteiger partial charge in [0.15, 0.2) is 0 Å². The van der Waals surface area contributed by atoms with E-state index in [1.807, 2.05) is 0 Å². The summed E-state index contributed by atoms with van der Waals surface area (Å²) >= 11 is 11.9. The van der Waals surface area contributed by atoms with Crippen LogP contribution in [0, 0.1) is 0 Å². The van der Waals surface area contributed by atoms with Gasteiger partial charge in [-0.1, -0.05) is 23.2 Å². The van der Waals surface area contributed by atoms with Gasteiger partial charge in [-0.15, -0.1) is 0 Å². The van der Waals surface area contributed by atoms with Crippen LogP contribution in [0.25, 0.3) is 0 Å². The Labute approximate surface area is 122 Å². The fourth-order valence-electron chi connectivity index (χ4n) is 1.60. The van der Waals surface area contributed by atoms with Gasteiger partial charge in [0.05, 0.1) is 6.61 Å². The number of hydrogen-bond donors (Lipinski definition) is 1. The normalized spacial score (nSPS) is 11.8. The Bertz CT molecular complexity index is 477. The van der Waals surface area contributed by atoms with Crippen molar-refractivity contribution in [3.05, 3.63) is 33.8 Å². The summed E-state index contributed by atoms with van der Waals surface area (Å²) in [5.41, 5.74) is 0.681. The van der Waals surface area contributed by atoms with E-state index in [2.05, 4.69) is 5.32 Å². The van der Waals surface area contributed by atoms with Gasteiger partial charge in [0.1, 0.15) is 6.04 Å². The fraction of sp³-hybridized carbons (Fsp3) is 0.385. The molecule has 0 fully saturated rings. The molecule has 0 aliphatic carbocycles. The van der Waals surface area contributed by atoms with Crippen LogP contribution in [0.15, 0.2) is 18.2 Å².